The molecule has 1 saturated heterocycles. The van der Waals surface area contributed by atoms with Crippen molar-refractivity contribution in [3.8, 4) is 16.9 Å². The van der Waals surface area contributed by atoms with Gasteiger partial charge in [0.2, 0.25) is 0 Å². The van der Waals surface area contributed by atoms with Gasteiger partial charge in [-0.2, -0.15) is 5.10 Å². The van der Waals surface area contributed by atoms with Gasteiger partial charge in [0, 0.05) is 42.9 Å². The van der Waals surface area contributed by atoms with Crippen molar-refractivity contribution >= 4 is 5.69 Å². The lowest BCUT2D eigenvalue weighted by atomic mass is 10.1. The minimum Gasteiger partial charge on any atom is -0.381 e. The molecular formula is C22H27N5O. The van der Waals surface area contributed by atoms with Crippen molar-refractivity contribution < 1.29 is 4.74 Å². The predicted molar refractivity (Wildman–Crippen MR) is 111 cm³/mol. The second kappa shape index (κ2) is 8.52. The fourth-order valence-corrected chi connectivity index (χ4v) is 3.62. The van der Waals surface area contributed by atoms with Gasteiger partial charge in [0.15, 0.2) is 0 Å². The Kier molecular flexibility index (Phi) is 5.67. The summed E-state index contributed by atoms with van der Waals surface area (Å²) in [5.41, 5.74) is 6.31. The Balaban J connectivity index is 1.52. The molecule has 3 aromatic heterocycles. The number of aromatic nitrogens is 4. The summed E-state index contributed by atoms with van der Waals surface area (Å²) in [6.45, 7) is 5.92. The highest BCUT2D eigenvalue weighted by Gasteiger charge is 2.14. The normalized spacial score (nSPS) is 14.9. The van der Waals surface area contributed by atoms with Gasteiger partial charge in [0.25, 0.3) is 0 Å². The first-order valence-electron chi connectivity index (χ1n) is 10.0. The average molecular weight is 377 g/mol. The van der Waals surface area contributed by atoms with Crippen LogP contribution in [0.25, 0.3) is 16.9 Å². The van der Waals surface area contributed by atoms with E-state index < -0.39 is 0 Å². The Morgan fingerprint density at radius 3 is 2.82 bits per heavy atom. The highest BCUT2D eigenvalue weighted by Crippen LogP contribution is 2.25. The van der Waals surface area contributed by atoms with Crippen LogP contribution >= 0.6 is 0 Å². The van der Waals surface area contributed by atoms with Gasteiger partial charge in [-0.1, -0.05) is 13.3 Å². The first-order chi connectivity index (χ1) is 13.7. The Morgan fingerprint density at radius 2 is 2.04 bits per heavy atom. The number of hydrogen-bond donors (Lipinski definition) is 1. The summed E-state index contributed by atoms with van der Waals surface area (Å²) in [5, 5.41) is 8.12. The molecule has 0 aliphatic carbocycles. The minimum absolute atomic E-state index is 0.465. The van der Waals surface area contributed by atoms with Crippen molar-refractivity contribution in [2.24, 2.45) is 0 Å². The van der Waals surface area contributed by atoms with Gasteiger partial charge >= 0.3 is 0 Å². The fourth-order valence-electron chi connectivity index (χ4n) is 3.62. The lowest BCUT2D eigenvalue weighted by molar-refractivity contribution is 0.0904. The van der Waals surface area contributed by atoms with E-state index >= 15 is 0 Å². The Morgan fingerprint density at radius 1 is 1.18 bits per heavy atom. The number of nitrogens with one attached hydrogen (secondary N) is 1. The van der Waals surface area contributed by atoms with E-state index in [0.717, 1.165) is 72.8 Å². The molecule has 0 saturated carbocycles. The van der Waals surface area contributed by atoms with Crippen LogP contribution in [0.2, 0.25) is 0 Å². The van der Waals surface area contributed by atoms with Crippen LogP contribution in [0.3, 0.4) is 0 Å². The molecule has 1 aliphatic heterocycles. The maximum absolute atomic E-state index is 5.43. The number of nitrogens with zero attached hydrogens (tertiary/aromatic N) is 4. The highest BCUT2D eigenvalue weighted by atomic mass is 16.5. The van der Waals surface area contributed by atoms with E-state index in [4.69, 9.17) is 9.72 Å². The molecular weight excluding hydrogens is 350 g/mol. The maximum Gasteiger partial charge on any atom is 0.0764 e. The van der Waals surface area contributed by atoms with E-state index in [9.17, 15) is 0 Å². The van der Waals surface area contributed by atoms with Crippen molar-refractivity contribution in [1.29, 1.82) is 0 Å². The summed E-state index contributed by atoms with van der Waals surface area (Å²) in [4.78, 5) is 9.13. The first kappa shape index (κ1) is 18.6. The van der Waals surface area contributed by atoms with Gasteiger partial charge < -0.3 is 10.1 Å². The minimum atomic E-state index is 0.465. The van der Waals surface area contributed by atoms with Gasteiger partial charge in [-0.15, -0.1) is 0 Å². The Bertz CT molecular complexity index is 930. The SMILES string of the molecule is CCCc1cc(-n2cc(-c3ncc(NC4CCOCC4)cc3C)cn2)ccn1. The maximum atomic E-state index is 5.43. The molecule has 6 heteroatoms. The molecule has 4 heterocycles. The van der Waals surface area contributed by atoms with Crippen molar-refractivity contribution in [1.82, 2.24) is 19.7 Å². The second-order valence-corrected chi connectivity index (χ2v) is 7.35. The van der Waals surface area contributed by atoms with Crippen molar-refractivity contribution in [2.45, 2.75) is 45.6 Å². The molecule has 0 atom stereocenters. The van der Waals surface area contributed by atoms with Crippen LogP contribution in [0.4, 0.5) is 5.69 Å². The fraction of sp³-hybridized carbons (Fsp3) is 0.409. The van der Waals surface area contributed by atoms with Gasteiger partial charge in [-0.3, -0.25) is 9.97 Å². The van der Waals surface area contributed by atoms with Crippen LogP contribution in [0.15, 0.2) is 43.0 Å². The topological polar surface area (TPSA) is 64.9 Å². The number of aryl methyl sites for hydroxylation is 2. The molecule has 0 aromatic carbocycles. The molecule has 0 bridgehead atoms. The quantitative estimate of drug-likeness (QED) is 0.698. The summed E-state index contributed by atoms with van der Waals surface area (Å²) < 4.78 is 7.32. The van der Waals surface area contributed by atoms with Gasteiger partial charge in [0.1, 0.15) is 0 Å². The third-order valence-electron chi connectivity index (χ3n) is 5.10. The van der Waals surface area contributed by atoms with Crippen LogP contribution in [0, 0.1) is 6.92 Å². The monoisotopic (exact) mass is 377 g/mol. The molecule has 6 nitrogen and oxygen atoms in total. The second-order valence-electron chi connectivity index (χ2n) is 7.35. The van der Waals surface area contributed by atoms with Crippen LogP contribution in [0.1, 0.15) is 37.4 Å². The number of hydrogen-bond acceptors (Lipinski definition) is 5. The molecule has 0 spiro atoms. The van der Waals surface area contributed by atoms with E-state index in [0.29, 0.717) is 6.04 Å². The zero-order chi connectivity index (χ0) is 19.3. The average Bonchev–Trinajstić information content (AvgIpc) is 3.19. The van der Waals surface area contributed by atoms with Crippen molar-refractivity contribution in [2.75, 3.05) is 18.5 Å². The van der Waals surface area contributed by atoms with Crippen molar-refractivity contribution in [3.63, 3.8) is 0 Å². The number of anilines is 1. The molecule has 0 amide bonds. The zero-order valence-corrected chi connectivity index (χ0v) is 16.6. The van der Waals surface area contributed by atoms with E-state index in [2.05, 4.69) is 41.4 Å². The standard InChI is InChI=1S/C22H27N5O/c1-3-4-19-12-21(5-8-23-19)27-15-17(13-25-27)22-16(2)11-20(14-24-22)26-18-6-9-28-10-7-18/h5,8,11-15,18,26H,3-4,6-7,9-10H2,1-2H3. The molecule has 3 aromatic rings. The lowest BCUT2D eigenvalue weighted by Gasteiger charge is -2.24. The molecule has 146 valence electrons. The summed E-state index contributed by atoms with van der Waals surface area (Å²) in [6, 6.07) is 6.71. The summed E-state index contributed by atoms with van der Waals surface area (Å²) in [6.07, 6.45) is 11.8. The van der Waals surface area contributed by atoms with Crippen molar-refractivity contribution in [3.05, 3.63) is 54.2 Å². The van der Waals surface area contributed by atoms with Crippen LogP contribution in [-0.2, 0) is 11.2 Å². The largest absolute Gasteiger partial charge is 0.381 e. The third kappa shape index (κ3) is 4.22. The van der Waals surface area contributed by atoms with Crippen LogP contribution in [0.5, 0.6) is 0 Å². The molecule has 28 heavy (non-hydrogen) atoms. The lowest BCUT2D eigenvalue weighted by Crippen LogP contribution is -2.27. The molecule has 1 fully saturated rings. The van der Waals surface area contributed by atoms with Gasteiger partial charge in [-0.25, -0.2) is 4.68 Å². The van der Waals surface area contributed by atoms with Gasteiger partial charge in [0.05, 0.1) is 29.5 Å². The predicted octanol–water partition coefficient (Wildman–Crippen LogP) is 4.18. The number of ether oxygens (including phenoxy) is 1. The first-order valence-corrected chi connectivity index (χ1v) is 10.0. The number of pyridine rings is 2. The van der Waals surface area contributed by atoms with E-state index in [1.807, 2.05) is 35.5 Å². The third-order valence-corrected chi connectivity index (χ3v) is 5.10. The Labute approximate surface area is 166 Å². The summed E-state index contributed by atoms with van der Waals surface area (Å²) in [5.74, 6) is 0. The van der Waals surface area contributed by atoms with Crippen LogP contribution in [-0.4, -0.2) is 39.0 Å². The molecule has 1 N–H and O–H groups in total. The van der Waals surface area contributed by atoms with Gasteiger partial charge in [-0.05, 0) is 49.9 Å². The Hall–Kier alpha value is -2.73. The smallest absolute Gasteiger partial charge is 0.0764 e. The molecule has 0 radical (unpaired) electrons. The number of rotatable bonds is 6. The summed E-state index contributed by atoms with van der Waals surface area (Å²) >= 11 is 0. The van der Waals surface area contributed by atoms with Crippen LogP contribution < -0.4 is 5.32 Å². The molecule has 0 unspecified atom stereocenters. The van der Waals surface area contributed by atoms with E-state index in [1.54, 1.807) is 0 Å². The molecule has 1 aliphatic rings. The highest BCUT2D eigenvalue weighted by molar-refractivity contribution is 5.64. The van der Waals surface area contributed by atoms with E-state index in [-0.39, 0.29) is 0 Å². The van der Waals surface area contributed by atoms with E-state index in [1.165, 1.54) is 0 Å². The summed E-state index contributed by atoms with van der Waals surface area (Å²) in [7, 11) is 0. The zero-order valence-electron chi connectivity index (χ0n) is 16.6. The molecule has 4 rings (SSSR count).